The molecule has 0 saturated carbocycles. The Balaban J connectivity index is 2.56. The minimum Gasteiger partial charge on any atom is -0.300 e. The first-order valence-corrected chi connectivity index (χ1v) is 6.15. The van der Waals surface area contributed by atoms with Crippen molar-refractivity contribution in [3.05, 3.63) is 33.8 Å². The maximum atomic E-state index is 8.87. The molecule has 1 rings (SSSR count). The van der Waals surface area contributed by atoms with Crippen LogP contribution < -0.4 is 5.32 Å². The highest BCUT2D eigenvalue weighted by atomic mass is 79.9. The number of hydrogen-bond donors (Lipinski definition) is 1. The number of benzene rings is 1. The third-order valence-corrected chi connectivity index (χ3v) is 3.05. The first kappa shape index (κ1) is 13.2. The number of hydrogen-bond acceptors (Lipinski definition) is 2. The molecule has 0 amide bonds. The predicted molar refractivity (Wildman–Crippen MR) is 70.3 cm³/mol. The molecule has 3 heteroatoms. The number of aryl methyl sites for hydroxylation is 1. The van der Waals surface area contributed by atoms with Crippen LogP contribution in [0.25, 0.3) is 0 Å². The molecule has 0 aliphatic rings. The molecule has 0 atom stereocenters. The van der Waals surface area contributed by atoms with Crippen LogP contribution in [0, 0.1) is 18.3 Å². The van der Waals surface area contributed by atoms with Gasteiger partial charge in [-0.3, -0.25) is 5.32 Å². The van der Waals surface area contributed by atoms with E-state index in [0.717, 1.165) is 17.4 Å². The van der Waals surface area contributed by atoms with Crippen molar-refractivity contribution in [1.29, 1.82) is 5.26 Å². The second kappa shape index (κ2) is 5.47. The molecule has 0 aliphatic carbocycles. The topological polar surface area (TPSA) is 35.8 Å². The fraction of sp³-hybridized carbons (Fsp3) is 0.462. The molecule has 0 aromatic heterocycles. The van der Waals surface area contributed by atoms with Gasteiger partial charge in [0.1, 0.15) is 5.54 Å². The minimum atomic E-state index is -0.445. The van der Waals surface area contributed by atoms with Gasteiger partial charge < -0.3 is 0 Å². The van der Waals surface area contributed by atoms with Crippen LogP contribution in [-0.2, 0) is 6.42 Å². The quantitative estimate of drug-likeness (QED) is 0.920. The summed E-state index contributed by atoms with van der Waals surface area (Å²) in [6, 6.07) is 8.52. The Kier molecular flexibility index (Phi) is 4.52. The Morgan fingerprint density at radius 3 is 2.75 bits per heavy atom. The fourth-order valence-electron chi connectivity index (χ4n) is 1.46. The van der Waals surface area contributed by atoms with Gasteiger partial charge in [-0.05, 0) is 50.5 Å². The number of halogens is 1. The number of rotatable bonds is 4. The second-order valence-electron chi connectivity index (χ2n) is 4.48. The standard InChI is InChI=1S/C13H17BrN2/c1-10-4-5-12(14)8-11(10)6-7-16-13(2,3)9-15/h4-5,8,16H,6-7H2,1-3H3. The molecule has 1 N–H and O–H groups in total. The van der Waals surface area contributed by atoms with E-state index >= 15 is 0 Å². The largest absolute Gasteiger partial charge is 0.300 e. The van der Waals surface area contributed by atoms with Crippen LogP contribution in [0.4, 0.5) is 0 Å². The lowest BCUT2D eigenvalue weighted by molar-refractivity contribution is 0.489. The van der Waals surface area contributed by atoms with Crippen LogP contribution in [0.5, 0.6) is 0 Å². The second-order valence-corrected chi connectivity index (χ2v) is 5.40. The van der Waals surface area contributed by atoms with E-state index in [1.54, 1.807) is 0 Å². The summed E-state index contributed by atoms with van der Waals surface area (Å²) in [6.07, 6.45) is 0.941. The smallest absolute Gasteiger partial charge is 0.101 e. The molecule has 0 bridgehead atoms. The molecular formula is C13H17BrN2. The van der Waals surface area contributed by atoms with Gasteiger partial charge in [-0.25, -0.2) is 0 Å². The number of nitrogens with one attached hydrogen (secondary N) is 1. The average molecular weight is 281 g/mol. The van der Waals surface area contributed by atoms with E-state index in [0.29, 0.717) is 0 Å². The molecule has 1 aromatic carbocycles. The van der Waals surface area contributed by atoms with Crippen molar-refractivity contribution in [2.24, 2.45) is 0 Å². The van der Waals surface area contributed by atoms with E-state index in [1.165, 1.54) is 11.1 Å². The third kappa shape index (κ3) is 3.96. The van der Waals surface area contributed by atoms with Crippen LogP contribution in [0.2, 0.25) is 0 Å². The highest BCUT2D eigenvalue weighted by Crippen LogP contribution is 2.16. The Morgan fingerprint density at radius 2 is 2.12 bits per heavy atom. The van der Waals surface area contributed by atoms with Gasteiger partial charge in [-0.1, -0.05) is 22.0 Å². The molecule has 86 valence electrons. The van der Waals surface area contributed by atoms with E-state index in [1.807, 2.05) is 19.9 Å². The van der Waals surface area contributed by atoms with E-state index in [-0.39, 0.29) is 0 Å². The lowest BCUT2D eigenvalue weighted by atomic mass is 10.0. The predicted octanol–water partition coefficient (Wildman–Crippen LogP) is 3.19. The Labute approximate surface area is 106 Å². The monoisotopic (exact) mass is 280 g/mol. The van der Waals surface area contributed by atoms with Crippen molar-refractivity contribution in [2.45, 2.75) is 32.7 Å². The zero-order valence-electron chi connectivity index (χ0n) is 9.97. The molecule has 16 heavy (non-hydrogen) atoms. The van der Waals surface area contributed by atoms with Crippen LogP contribution in [0.1, 0.15) is 25.0 Å². The first-order valence-electron chi connectivity index (χ1n) is 5.36. The number of nitriles is 1. The van der Waals surface area contributed by atoms with Crippen molar-refractivity contribution in [2.75, 3.05) is 6.54 Å². The molecule has 0 saturated heterocycles. The lowest BCUT2D eigenvalue weighted by Gasteiger charge is -2.17. The summed E-state index contributed by atoms with van der Waals surface area (Å²) in [5.41, 5.74) is 2.16. The van der Waals surface area contributed by atoms with Gasteiger partial charge in [0.15, 0.2) is 0 Å². The Morgan fingerprint density at radius 1 is 1.44 bits per heavy atom. The molecule has 0 heterocycles. The minimum absolute atomic E-state index is 0.445. The molecule has 0 unspecified atom stereocenters. The van der Waals surface area contributed by atoms with Crippen molar-refractivity contribution in [3.8, 4) is 6.07 Å². The molecular weight excluding hydrogens is 264 g/mol. The lowest BCUT2D eigenvalue weighted by Crippen LogP contribution is -2.38. The summed E-state index contributed by atoms with van der Waals surface area (Å²) in [7, 11) is 0. The van der Waals surface area contributed by atoms with E-state index in [9.17, 15) is 0 Å². The maximum absolute atomic E-state index is 8.87. The molecule has 0 radical (unpaired) electrons. The van der Waals surface area contributed by atoms with E-state index in [4.69, 9.17) is 5.26 Å². The molecule has 0 fully saturated rings. The molecule has 1 aromatic rings. The molecule has 2 nitrogen and oxygen atoms in total. The summed E-state index contributed by atoms with van der Waals surface area (Å²) in [5, 5.41) is 12.1. The molecule has 0 spiro atoms. The zero-order valence-corrected chi connectivity index (χ0v) is 11.6. The van der Waals surface area contributed by atoms with Crippen LogP contribution in [-0.4, -0.2) is 12.1 Å². The Hall–Kier alpha value is -0.850. The normalized spacial score (nSPS) is 11.2. The van der Waals surface area contributed by atoms with Gasteiger partial charge >= 0.3 is 0 Å². The fourth-order valence-corrected chi connectivity index (χ4v) is 1.87. The maximum Gasteiger partial charge on any atom is 0.101 e. The van der Waals surface area contributed by atoms with Crippen LogP contribution in [0.15, 0.2) is 22.7 Å². The van der Waals surface area contributed by atoms with E-state index in [2.05, 4.69) is 46.4 Å². The summed E-state index contributed by atoms with van der Waals surface area (Å²) in [4.78, 5) is 0. The van der Waals surface area contributed by atoms with Gasteiger partial charge in [-0.15, -0.1) is 0 Å². The van der Waals surface area contributed by atoms with Crippen molar-refractivity contribution in [3.63, 3.8) is 0 Å². The first-order chi connectivity index (χ1) is 7.44. The summed E-state index contributed by atoms with van der Waals surface area (Å²) < 4.78 is 1.10. The van der Waals surface area contributed by atoms with Gasteiger partial charge in [0.2, 0.25) is 0 Å². The van der Waals surface area contributed by atoms with Gasteiger partial charge in [0, 0.05) is 11.0 Å². The zero-order chi connectivity index (χ0) is 12.2. The summed E-state index contributed by atoms with van der Waals surface area (Å²) >= 11 is 3.47. The summed E-state index contributed by atoms with van der Waals surface area (Å²) in [5.74, 6) is 0. The van der Waals surface area contributed by atoms with Gasteiger partial charge in [0.25, 0.3) is 0 Å². The van der Waals surface area contributed by atoms with Crippen molar-refractivity contribution < 1.29 is 0 Å². The van der Waals surface area contributed by atoms with Crippen molar-refractivity contribution >= 4 is 15.9 Å². The summed E-state index contributed by atoms with van der Waals surface area (Å²) in [6.45, 7) is 6.70. The van der Waals surface area contributed by atoms with E-state index < -0.39 is 5.54 Å². The average Bonchev–Trinajstić information content (AvgIpc) is 2.23. The highest BCUT2D eigenvalue weighted by molar-refractivity contribution is 9.10. The molecule has 0 aliphatic heterocycles. The van der Waals surface area contributed by atoms with Gasteiger partial charge in [0.05, 0.1) is 6.07 Å². The third-order valence-electron chi connectivity index (χ3n) is 2.55. The Bertz CT molecular complexity index is 405. The van der Waals surface area contributed by atoms with Crippen LogP contribution >= 0.6 is 15.9 Å². The highest BCUT2D eigenvalue weighted by Gasteiger charge is 2.14. The van der Waals surface area contributed by atoms with Crippen LogP contribution in [0.3, 0.4) is 0 Å². The van der Waals surface area contributed by atoms with Gasteiger partial charge in [-0.2, -0.15) is 5.26 Å². The van der Waals surface area contributed by atoms with Crippen molar-refractivity contribution in [1.82, 2.24) is 5.32 Å². The number of nitrogens with zero attached hydrogens (tertiary/aromatic N) is 1. The SMILES string of the molecule is Cc1ccc(Br)cc1CCNC(C)(C)C#N.